The van der Waals surface area contributed by atoms with Crippen molar-refractivity contribution in [2.45, 2.75) is 52.1 Å². The first-order valence-corrected chi connectivity index (χ1v) is 13.3. The van der Waals surface area contributed by atoms with E-state index in [4.69, 9.17) is 4.98 Å². The minimum Gasteiger partial charge on any atom is -0.346 e. The van der Waals surface area contributed by atoms with Crippen LogP contribution in [0.1, 0.15) is 56.3 Å². The Labute approximate surface area is 225 Å². The standard InChI is InChI=1S/C34H35N3O/c1-24(35-32(38)22-25-14-18-28(19-15-25)27-10-6-5-7-11-27)33-36-30-12-8-9-13-31(30)37(33)23-26-16-20-29(21-17-26)34(2,3)4/h5-21,24H,22-23H2,1-4H3,(H,35,38). The minimum atomic E-state index is -0.229. The summed E-state index contributed by atoms with van der Waals surface area (Å²) >= 11 is 0. The lowest BCUT2D eigenvalue weighted by atomic mass is 9.87. The lowest BCUT2D eigenvalue weighted by Gasteiger charge is -2.20. The van der Waals surface area contributed by atoms with E-state index in [1.54, 1.807) is 0 Å². The molecule has 0 bridgehead atoms. The summed E-state index contributed by atoms with van der Waals surface area (Å²) in [6.45, 7) is 9.39. The van der Waals surface area contributed by atoms with Crippen LogP contribution >= 0.6 is 0 Å². The molecule has 5 aromatic rings. The fourth-order valence-electron chi connectivity index (χ4n) is 4.87. The quantitative estimate of drug-likeness (QED) is 0.251. The van der Waals surface area contributed by atoms with Gasteiger partial charge in [-0.15, -0.1) is 0 Å². The van der Waals surface area contributed by atoms with E-state index >= 15 is 0 Å². The van der Waals surface area contributed by atoms with Gasteiger partial charge in [0.15, 0.2) is 0 Å². The molecule has 192 valence electrons. The number of carbonyl (C=O) groups excluding carboxylic acids is 1. The molecule has 1 N–H and O–H groups in total. The first-order valence-electron chi connectivity index (χ1n) is 13.3. The highest BCUT2D eigenvalue weighted by Crippen LogP contribution is 2.25. The van der Waals surface area contributed by atoms with E-state index in [0.29, 0.717) is 13.0 Å². The molecular formula is C34H35N3O. The molecule has 1 atom stereocenters. The zero-order chi connectivity index (χ0) is 26.7. The molecule has 4 heteroatoms. The summed E-state index contributed by atoms with van der Waals surface area (Å²) in [5.74, 6) is 0.844. The van der Waals surface area contributed by atoms with Crippen LogP contribution in [0.15, 0.2) is 103 Å². The Balaban J connectivity index is 1.32. The summed E-state index contributed by atoms with van der Waals surface area (Å²) in [7, 11) is 0. The summed E-state index contributed by atoms with van der Waals surface area (Å²) < 4.78 is 2.22. The van der Waals surface area contributed by atoms with E-state index in [9.17, 15) is 4.79 Å². The van der Waals surface area contributed by atoms with E-state index in [1.165, 1.54) is 16.7 Å². The maximum Gasteiger partial charge on any atom is 0.224 e. The zero-order valence-electron chi connectivity index (χ0n) is 22.6. The van der Waals surface area contributed by atoms with Gasteiger partial charge in [-0.05, 0) is 52.3 Å². The smallest absolute Gasteiger partial charge is 0.224 e. The summed E-state index contributed by atoms with van der Waals surface area (Å²) in [4.78, 5) is 17.9. The predicted octanol–water partition coefficient (Wildman–Crippen LogP) is 7.47. The highest BCUT2D eigenvalue weighted by atomic mass is 16.1. The number of imidazole rings is 1. The van der Waals surface area contributed by atoms with Gasteiger partial charge < -0.3 is 9.88 Å². The van der Waals surface area contributed by atoms with E-state index in [0.717, 1.165) is 28.0 Å². The maximum atomic E-state index is 13.0. The molecule has 0 saturated carbocycles. The van der Waals surface area contributed by atoms with Crippen LogP contribution in [0.25, 0.3) is 22.2 Å². The molecule has 0 fully saturated rings. The van der Waals surface area contributed by atoms with Gasteiger partial charge in [0.1, 0.15) is 5.82 Å². The molecule has 0 aliphatic heterocycles. The second-order valence-corrected chi connectivity index (χ2v) is 11.0. The van der Waals surface area contributed by atoms with Gasteiger partial charge in [0.25, 0.3) is 0 Å². The molecule has 4 aromatic carbocycles. The minimum absolute atomic E-state index is 0.0157. The molecule has 0 aliphatic rings. The van der Waals surface area contributed by atoms with Crippen molar-refractivity contribution < 1.29 is 4.79 Å². The molecule has 0 radical (unpaired) electrons. The van der Waals surface area contributed by atoms with Gasteiger partial charge in [0, 0.05) is 6.54 Å². The van der Waals surface area contributed by atoms with Crippen molar-refractivity contribution in [2.75, 3.05) is 0 Å². The van der Waals surface area contributed by atoms with Crippen LogP contribution in [-0.2, 0) is 23.2 Å². The molecule has 1 heterocycles. The Morgan fingerprint density at radius 3 is 2.08 bits per heavy atom. The zero-order valence-corrected chi connectivity index (χ0v) is 22.6. The number of carbonyl (C=O) groups is 1. The second kappa shape index (κ2) is 10.7. The van der Waals surface area contributed by atoms with Gasteiger partial charge >= 0.3 is 0 Å². The number of nitrogens with one attached hydrogen (secondary N) is 1. The Hall–Kier alpha value is -4.18. The average molecular weight is 502 g/mol. The van der Waals surface area contributed by atoms with Crippen molar-refractivity contribution in [3.05, 3.63) is 126 Å². The third kappa shape index (κ3) is 5.70. The van der Waals surface area contributed by atoms with Crippen LogP contribution in [0.4, 0.5) is 0 Å². The summed E-state index contributed by atoms with van der Waals surface area (Å²) in [5.41, 5.74) is 7.95. The largest absolute Gasteiger partial charge is 0.346 e. The Morgan fingerprint density at radius 2 is 1.39 bits per heavy atom. The lowest BCUT2D eigenvalue weighted by molar-refractivity contribution is -0.121. The van der Waals surface area contributed by atoms with Crippen LogP contribution in [-0.4, -0.2) is 15.5 Å². The fourth-order valence-corrected chi connectivity index (χ4v) is 4.87. The van der Waals surface area contributed by atoms with Crippen molar-refractivity contribution >= 4 is 16.9 Å². The van der Waals surface area contributed by atoms with Crippen LogP contribution < -0.4 is 5.32 Å². The Morgan fingerprint density at radius 1 is 0.789 bits per heavy atom. The Kier molecular flexibility index (Phi) is 7.15. The van der Waals surface area contributed by atoms with Crippen molar-refractivity contribution in [3.8, 4) is 11.1 Å². The van der Waals surface area contributed by atoms with Crippen LogP contribution in [0.5, 0.6) is 0 Å². The number of benzene rings is 4. The van der Waals surface area contributed by atoms with Gasteiger partial charge in [-0.1, -0.05) is 112 Å². The first kappa shape index (κ1) is 25.5. The maximum absolute atomic E-state index is 13.0. The summed E-state index contributed by atoms with van der Waals surface area (Å²) in [6.07, 6.45) is 0.327. The number of fused-ring (bicyclic) bond motifs is 1. The number of hydrogen-bond acceptors (Lipinski definition) is 2. The van der Waals surface area contributed by atoms with Crippen LogP contribution in [0, 0.1) is 0 Å². The van der Waals surface area contributed by atoms with E-state index in [-0.39, 0.29) is 17.4 Å². The number of aromatic nitrogens is 2. The van der Waals surface area contributed by atoms with Gasteiger partial charge in [-0.2, -0.15) is 0 Å². The van der Waals surface area contributed by atoms with Gasteiger partial charge in [-0.3, -0.25) is 4.79 Å². The SMILES string of the molecule is CC(NC(=O)Cc1ccc(-c2ccccc2)cc1)c1nc2ccccc2n1Cc1ccc(C(C)(C)C)cc1. The topological polar surface area (TPSA) is 46.9 Å². The molecule has 0 aliphatic carbocycles. The number of para-hydroxylation sites is 2. The molecule has 1 unspecified atom stereocenters. The number of hydrogen-bond donors (Lipinski definition) is 1. The van der Waals surface area contributed by atoms with Crippen molar-refractivity contribution in [1.29, 1.82) is 0 Å². The second-order valence-electron chi connectivity index (χ2n) is 11.0. The first-order chi connectivity index (χ1) is 18.3. The lowest BCUT2D eigenvalue weighted by Crippen LogP contribution is -2.30. The summed E-state index contributed by atoms with van der Waals surface area (Å²) in [6, 6.07) is 35.2. The highest BCUT2D eigenvalue weighted by molar-refractivity contribution is 5.80. The van der Waals surface area contributed by atoms with Gasteiger partial charge in [0.05, 0.1) is 23.5 Å². The number of rotatable bonds is 7. The molecule has 5 rings (SSSR count). The highest BCUT2D eigenvalue weighted by Gasteiger charge is 2.19. The van der Waals surface area contributed by atoms with Crippen LogP contribution in [0.3, 0.4) is 0 Å². The van der Waals surface area contributed by atoms with Crippen molar-refractivity contribution in [1.82, 2.24) is 14.9 Å². The monoisotopic (exact) mass is 501 g/mol. The number of nitrogens with zero attached hydrogens (tertiary/aromatic N) is 2. The van der Waals surface area contributed by atoms with E-state index in [2.05, 4.69) is 85.3 Å². The molecule has 38 heavy (non-hydrogen) atoms. The van der Waals surface area contributed by atoms with Crippen LogP contribution in [0.2, 0.25) is 0 Å². The fraction of sp³-hybridized carbons (Fsp3) is 0.235. The molecule has 0 saturated heterocycles. The third-order valence-electron chi connectivity index (χ3n) is 7.04. The van der Waals surface area contributed by atoms with Gasteiger partial charge in [-0.25, -0.2) is 4.98 Å². The molecular weight excluding hydrogens is 466 g/mol. The molecule has 1 aromatic heterocycles. The van der Waals surface area contributed by atoms with E-state index in [1.807, 2.05) is 55.5 Å². The molecule has 4 nitrogen and oxygen atoms in total. The normalized spacial score (nSPS) is 12.4. The summed E-state index contributed by atoms with van der Waals surface area (Å²) in [5, 5.41) is 3.18. The predicted molar refractivity (Wildman–Crippen MR) is 156 cm³/mol. The third-order valence-corrected chi connectivity index (χ3v) is 7.04. The van der Waals surface area contributed by atoms with E-state index < -0.39 is 0 Å². The molecule has 0 spiro atoms. The van der Waals surface area contributed by atoms with Crippen molar-refractivity contribution in [3.63, 3.8) is 0 Å². The van der Waals surface area contributed by atoms with Gasteiger partial charge in [0.2, 0.25) is 5.91 Å². The average Bonchev–Trinajstić information content (AvgIpc) is 3.28. The molecule has 1 amide bonds. The van der Waals surface area contributed by atoms with Crippen molar-refractivity contribution in [2.24, 2.45) is 0 Å². The number of amides is 1. The Bertz CT molecular complexity index is 1530.